The highest BCUT2D eigenvalue weighted by atomic mass is 16.4. The first-order valence-corrected chi connectivity index (χ1v) is 8.64. The number of aliphatic hydroxyl groups is 2. The summed E-state index contributed by atoms with van der Waals surface area (Å²) in [7, 11) is 0. The first-order valence-electron chi connectivity index (χ1n) is 8.64. The molecular formula is C17H34O4. The summed E-state index contributed by atoms with van der Waals surface area (Å²) in [6.07, 6.45) is 11.0. The summed E-state index contributed by atoms with van der Waals surface area (Å²) in [5.74, 6) is -0.709. The minimum Gasteiger partial charge on any atom is -0.481 e. The first-order chi connectivity index (χ1) is 10.1. The molecular weight excluding hydrogens is 268 g/mol. The van der Waals surface area contributed by atoms with Crippen LogP contribution in [0.1, 0.15) is 90.4 Å². The molecule has 0 aromatic rings. The second kappa shape index (κ2) is 14.3. The van der Waals surface area contributed by atoms with Gasteiger partial charge in [0.25, 0.3) is 0 Å². The molecule has 0 aliphatic rings. The molecule has 2 unspecified atom stereocenters. The van der Waals surface area contributed by atoms with Crippen LogP contribution in [-0.2, 0) is 4.79 Å². The maximum absolute atomic E-state index is 10.3. The Labute approximate surface area is 129 Å². The molecule has 0 amide bonds. The highest BCUT2D eigenvalue weighted by molar-refractivity contribution is 5.66. The van der Waals surface area contributed by atoms with E-state index in [1.54, 1.807) is 0 Å². The average molecular weight is 302 g/mol. The van der Waals surface area contributed by atoms with Gasteiger partial charge in [-0.3, -0.25) is 4.79 Å². The maximum atomic E-state index is 10.3. The standard InChI is InChI=1S/C17H34O4/c1-2-3-10-15(18)13-14-16(19)11-8-6-4-5-7-9-12-17(20)21/h15-16,18-19H,2-14H2,1H3,(H,20,21). The Morgan fingerprint density at radius 2 is 1.24 bits per heavy atom. The Morgan fingerprint density at radius 3 is 1.76 bits per heavy atom. The Balaban J connectivity index is 3.29. The number of carbonyl (C=O) groups is 1. The molecule has 0 heterocycles. The molecule has 0 radical (unpaired) electrons. The van der Waals surface area contributed by atoms with Gasteiger partial charge in [0.1, 0.15) is 0 Å². The molecule has 0 rings (SSSR count). The van der Waals surface area contributed by atoms with Crippen molar-refractivity contribution in [2.75, 3.05) is 0 Å². The molecule has 4 nitrogen and oxygen atoms in total. The van der Waals surface area contributed by atoms with Crippen LogP contribution >= 0.6 is 0 Å². The second-order valence-corrected chi connectivity index (χ2v) is 6.08. The van der Waals surface area contributed by atoms with Gasteiger partial charge in [-0.05, 0) is 32.1 Å². The molecule has 0 saturated carbocycles. The van der Waals surface area contributed by atoms with E-state index in [4.69, 9.17) is 5.11 Å². The quantitative estimate of drug-likeness (QED) is 0.401. The van der Waals surface area contributed by atoms with Crippen LogP contribution in [0.3, 0.4) is 0 Å². The van der Waals surface area contributed by atoms with Gasteiger partial charge in [-0.15, -0.1) is 0 Å². The average Bonchev–Trinajstić information content (AvgIpc) is 2.45. The van der Waals surface area contributed by atoms with Crippen LogP contribution in [0.4, 0.5) is 0 Å². The Bertz CT molecular complexity index is 243. The lowest BCUT2D eigenvalue weighted by atomic mass is 10.0. The van der Waals surface area contributed by atoms with Crippen LogP contribution in [0.5, 0.6) is 0 Å². The molecule has 0 fully saturated rings. The normalized spacial score (nSPS) is 14.0. The van der Waals surface area contributed by atoms with Crippen molar-refractivity contribution in [1.29, 1.82) is 0 Å². The van der Waals surface area contributed by atoms with Gasteiger partial charge in [-0.1, -0.05) is 51.9 Å². The molecule has 0 spiro atoms. The van der Waals surface area contributed by atoms with Crippen LogP contribution in [-0.4, -0.2) is 33.5 Å². The fraction of sp³-hybridized carbons (Fsp3) is 0.941. The number of hydrogen-bond donors (Lipinski definition) is 3. The van der Waals surface area contributed by atoms with Crippen molar-refractivity contribution in [2.45, 2.75) is 103 Å². The smallest absolute Gasteiger partial charge is 0.303 e. The lowest BCUT2D eigenvalue weighted by Crippen LogP contribution is -2.13. The summed E-state index contributed by atoms with van der Waals surface area (Å²) in [5.41, 5.74) is 0. The van der Waals surface area contributed by atoms with Crippen molar-refractivity contribution in [1.82, 2.24) is 0 Å². The van der Waals surface area contributed by atoms with Gasteiger partial charge in [0, 0.05) is 6.42 Å². The topological polar surface area (TPSA) is 77.8 Å². The molecule has 3 N–H and O–H groups in total. The lowest BCUT2D eigenvalue weighted by molar-refractivity contribution is -0.137. The van der Waals surface area contributed by atoms with Crippen molar-refractivity contribution in [3.63, 3.8) is 0 Å². The first kappa shape index (κ1) is 20.4. The number of rotatable bonds is 15. The molecule has 0 aromatic carbocycles. The molecule has 0 aromatic heterocycles. The molecule has 0 aliphatic heterocycles. The Hall–Kier alpha value is -0.610. The van der Waals surface area contributed by atoms with Gasteiger partial charge in [-0.2, -0.15) is 0 Å². The Morgan fingerprint density at radius 1 is 0.762 bits per heavy atom. The van der Waals surface area contributed by atoms with Crippen LogP contribution in [0.25, 0.3) is 0 Å². The largest absolute Gasteiger partial charge is 0.481 e. The van der Waals surface area contributed by atoms with E-state index < -0.39 is 5.97 Å². The van der Waals surface area contributed by atoms with Crippen molar-refractivity contribution in [2.24, 2.45) is 0 Å². The molecule has 4 heteroatoms. The predicted molar refractivity (Wildman–Crippen MR) is 85.3 cm³/mol. The van der Waals surface area contributed by atoms with Crippen molar-refractivity contribution in [3.8, 4) is 0 Å². The number of hydrogen-bond acceptors (Lipinski definition) is 3. The maximum Gasteiger partial charge on any atom is 0.303 e. The summed E-state index contributed by atoms with van der Waals surface area (Å²) >= 11 is 0. The van der Waals surface area contributed by atoms with Crippen molar-refractivity contribution < 1.29 is 20.1 Å². The highest BCUT2D eigenvalue weighted by Crippen LogP contribution is 2.14. The molecule has 126 valence electrons. The molecule has 0 aliphatic carbocycles. The van der Waals surface area contributed by atoms with E-state index in [2.05, 4.69) is 6.92 Å². The SMILES string of the molecule is CCCCC(O)CCC(O)CCCCCCCCC(=O)O. The fourth-order valence-corrected chi connectivity index (χ4v) is 2.48. The Kier molecular flexibility index (Phi) is 13.9. The van der Waals surface area contributed by atoms with Gasteiger partial charge in [0.2, 0.25) is 0 Å². The number of carboxylic acid groups (broad SMARTS) is 1. The zero-order valence-electron chi connectivity index (χ0n) is 13.6. The van der Waals surface area contributed by atoms with Crippen LogP contribution in [0, 0.1) is 0 Å². The monoisotopic (exact) mass is 302 g/mol. The third-order valence-electron chi connectivity index (χ3n) is 3.90. The number of aliphatic carboxylic acids is 1. The van der Waals surface area contributed by atoms with Crippen molar-refractivity contribution in [3.05, 3.63) is 0 Å². The van der Waals surface area contributed by atoms with E-state index in [1.165, 1.54) is 0 Å². The lowest BCUT2D eigenvalue weighted by Gasteiger charge is -2.14. The fourth-order valence-electron chi connectivity index (χ4n) is 2.48. The summed E-state index contributed by atoms with van der Waals surface area (Å²) in [5, 5.41) is 28.1. The van der Waals surface area contributed by atoms with Gasteiger partial charge >= 0.3 is 5.97 Å². The molecule has 21 heavy (non-hydrogen) atoms. The molecule has 0 bridgehead atoms. The summed E-state index contributed by atoms with van der Waals surface area (Å²) in [4.78, 5) is 10.3. The minimum atomic E-state index is -0.709. The molecule has 2 atom stereocenters. The second-order valence-electron chi connectivity index (χ2n) is 6.08. The van der Waals surface area contributed by atoms with Gasteiger partial charge in [0.15, 0.2) is 0 Å². The van der Waals surface area contributed by atoms with E-state index in [1.807, 2.05) is 0 Å². The zero-order valence-corrected chi connectivity index (χ0v) is 13.6. The van der Waals surface area contributed by atoms with Crippen molar-refractivity contribution >= 4 is 5.97 Å². The van der Waals surface area contributed by atoms with E-state index in [9.17, 15) is 15.0 Å². The molecule has 0 saturated heterocycles. The van der Waals surface area contributed by atoms with E-state index in [0.29, 0.717) is 12.8 Å². The number of unbranched alkanes of at least 4 members (excludes halogenated alkanes) is 6. The third kappa shape index (κ3) is 15.6. The van der Waals surface area contributed by atoms with Gasteiger partial charge in [0.05, 0.1) is 12.2 Å². The number of aliphatic hydroxyl groups excluding tert-OH is 2. The highest BCUT2D eigenvalue weighted by Gasteiger charge is 2.08. The van der Waals surface area contributed by atoms with Crippen LogP contribution < -0.4 is 0 Å². The minimum absolute atomic E-state index is 0.256. The summed E-state index contributed by atoms with van der Waals surface area (Å²) in [6.45, 7) is 2.11. The van der Waals surface area contributed by atoms with Crippen LogP contribution in [0.2, 0.25) is 0 Å². The third-order valence-corrected chi connectivity index (χ3v) is 3.90. The van der Waals surface area contributed by atoms with E-state index >= 15 is 0 Å². The predicted octanol–water partition coefficient (Wildman–Crippen LogP) is 3.88. The zero-order chi connectivity index (χ0) is 15.9. The van der Waals surface area contributed by atoms with E-state index in [-0.39, 0.29) is 18.6 Å². The van der Waals surface area contributed by atoms with E-state index in [0.717, 1.165) is 64.2 Å². The van der Waals surface area contributed by atoms with Gasteiger partial charge < -0.3 is 15.3 Å². The summed E-state index contributed by atoms with van der Waals surface area (Å²) < 4.78 is 0. The van der Waals surface area contributed by atoms with Gasteiger partial charge in [-0.25, -0.2) is 0 Å². The van der Waals surface area contributed by atoms with Crippen LogP contribution in [0.15, 0.2) is 0 Å². The summed E-state index contributed by atoms with van der Waals surface area (Å²) in [6, 6.07) is 0. The number of carboxylic acids is 1.